The maximum atomic E-state index is 12.8. The second-order valence-corrected chi connectivity index (χ2v) is 8.00. The minimum absolute atomic E-state index is 0.0122. The van der Waals surface area contributed by atoms with Gasteiger partial charge in [0, 0.05) is 5.69 Å². The number of nitrogens with one attached hydrogen (secondary N) is 2. The van der Waals surface area contributed by atoms with E-state index in [4.69, 9.17) is 14.2 Å². The molecule has 0 aliphatic rings. The lowest BCUT2D eigenvalue weighted by atomic mass is 10.3. The Morgan fingerprint density at radius 1 is 0.839 bits per heavy atom. The van der Waals surface area contributed by atoms with Gasteiger partial charge in [-0.05, 0) is 42.5 Å². The summed E-state index contributed by atoms with van der Waals surface area (Å²) < 4.78 is 43.9. The third kappa shape index (κ3) is 5.67. The molecule has 0 spiro atoms. The van der Waals surface area contributed by atoms with Gasteiger partial charge in [-0.25, -0.2) is 8.42 Å². The monoisotopic (exact) mass is 442 g/mol. The lowest BCUT2D eigenvalue weighted by Crippen LogP contribution is -2.20. The van der Waals surface area contributed by atoms with Crippen LogP contribution in [0.5, 0.6) is 17.2 Å². The number of benzene rings is 3. The van der Waals surface area contributed by atoms with Crippen molar-refractivity contribution >= 4 is 27.3 Å². The normalized spacial score (nSPS) is 10.8. The molecule has 8 nitrogen and oxygen atoms in total. The van der Waals surface area contributed by atoms with E-state index in [0.717, 1.165) is 0 Å². The van der Waals surface area contributed by atoms with Gasteiger partial charge >= 0.3 is 0 Å². The first-order valence-corrected chi connectivity index (χ1v) is 10.7. The Balaban J connectivity index is 1.68. The minimum Gasteiger partial charge on any atom is -0.495 e. The molecule has 162 valence electrons. The van der Waals surface area contributed by atoms with Gasteiger partial charge in [-0.3, -0.25) is 9.52 Å². The molecule has 0 aliphatic carbocycles. The highest BCUT2D eigenvalue weighted by molar-refractivity contribution is 7.92. The number of para-hydroxylation sites is 4. The molecule has 2 N–H and O–H groups in total. The van der Waals surface area contributed by atoms with Crippen LogP contribution in [0, 0.1) is 0 Å². The van der Waals surface area contributed by atoms with Crippen LogP contribution in [0.4, 0.5) is 11.4 Å². The largest absolute Gasteiger partial charge is 0.495 e. The molecule has 0 fully saturated rings. The zero-order valence-corrected chi connectivity index (χ0v) is 17.8. The molecule has 3 rings (SSSR count). The van der Waals surface area contributed by atoms with E-state index in [1.54, 1.807) is 54.6 Å². The maximum Gasteiger partial charge on any atom is 0.262 e. The van der Waals surface area contributed by atoms with E-state index in [0.29, 0.717) is 28.6 Å². The number of sulfonamides is 1. The fraction of sp³-hybridized carbons (Fsp3) is 0.136. The van der Waals surface area contributed by atoms with Crippen LogP contribution in [-0.4, -0.2) is 35.2 Å². The topological polar surface area (TPSA) is 103 Å². The molecular formula is C22H22N2O6S. The third-order valence-corrected chi connectivity index (χ3v) is 5.57. The van der Waals surface area contributed by atoms with Crippen molar-refractivity contribution in [3.8, 4) is 17.2 Å². The molecule has 0 aromatic heterocycles. The Hall–Kier alpha value is -3.72. The van der Waals surface area contributed by atoms with Gasteiger partial charge in [-0.15, -0.1) is 0 Å². The number of rotatable bonds is 9. The van der Waals surface area contributed by atoms with E-state index >= 15 is 0 Å². The summed E-state index contributed by atoms with van der Waals surface area (Å²) >= 11 is 0. The predicted molar refractivity (Wildman–Crippen MR) is 117 cm³/mol. The van der Waals surface area contributed by atoms with Gasteiger partial charge in [0.25, 0.3) is 15.9 Å². The van der Waals surface area contributed by atoms with E-state index in [1.807, 2.05) is 0 Å². The van der Waals surface area contributed by atoms with Crippen LogP contribution in [-0.2, 0) is 14.8 Å². The molecule has 1 amide bonds. The number of hydrogen-bond donors (Lipinski definition) is 2. The number of anilines is 2. The summed E-state index contributed by atoms with van der Waals surface area (Å²) in [5.41, 5.74) is 0.626. The fourth-order valence-electron chi connectivity index (χ4n) is 2.75. The first-order chi connectivity index (χ1) is 14.9. The molecule has 9 heteroatoms. The lowest BCUT2D eigenvalue weighted by Gasteiger charge is -2.13. The van der Waals surface area contributed by atoms with Gasteiger partial charge in [0.1, 0.15) is 5.75 Å². The van der Waals surface area contributed by atoms with Crippen molar-refractivity contribution in [1.29, 1.82) is 0 Å². The van der Waals surface area contributed by atoms with Crippen LogP contribution in [0.15, 0.2) is 77.7 Å². The number of hydrogen-bond acceptors (Lipinski definition) is 6. The number of ether oxygens (including phenoxy) is 3. The summed E-state index contributed by atoms with van der Waals surface area (Å²) in [5, 5.41) is 2.63. The van der Waals surface area contributed by atoms with Crippen molar-refractivity contribution in [3.63, 3.8) is 0 Å². The average molecular weight is 442 g/mol. The maximum absolute atomic E-state index is 12.8. The summed E-state index contributed by atoms with van der Waals surface area (Å²) in [5.74, 6) is 0.880. The molecular weight excluding hydrogens is 420 g/mol. The summed E-state index contributed by atoms with van der Waals surface area (Å²) in [6.45, 7) is -0.267. The van der Waals surface area contributed by atoms with Gasteiger partial charge in [0.2, 0.25) is 0 Å². The highest BCUT2D eigenvalue weighted by Crippen LogP contribution is 2.27. The predicted octanol–water partition coefficient (Wildman–Crippen LogP) is 3.52. The molecule has 31 heavy (non-hydrogen) atoms. The van der Waals surface area contributed by atoms with Gasteiger partial charge in [0.05, 0.1) is 24.8 Å². The number of amides is 1. The van der Waals surface area contributed by atoms with Crippen molar-refractivity contribution in [2.45, 2.75) is 4.90 Å². The van der Waals surface area contributed by atoms with Gasteiger partial charge in [0.15, 0.2) is 18.1 Å². The number of methoxy groups -OCH3 is 2. The molecule has 0 heterocycles. The molecule has 0 bridgehead atoms. The second kappa shape index (κ2) is 9.86. The summed E-state index contributed by atoms with van der Waals surface area (Å²) in [4.78, 5) is 12.3. The Bertz CT molecular complexity index is 1160. The van der Waals surface area contributed by atoms with Gasteiger partial charge in [-0.2, -0.15) is 0 Å². The fourth-order valence-corrected chi connectivity index (χ4v) is 3.87. The van der Waals surface area contributed by atoms with Crippen molar-refractivity contribution < 1.29 is 27.4 Å². The van der Waals surface area contributed by atoms with E-state index < -0.39 is 15.9 Å². The Morgan fingerprint density at radius 2 is 1.48 bits per heavy atom. The standard InChI is InChI=1S/C22H22N2O6S/c1-28-19-11-4-3-10-18(19)24-31(26,27)17-9-7-8-16(14-17)23-22(25)15-30-21-13-6-5-12-20(21)29-2/h3-14,24H,15H2,1-2H3,(H,23,25). The minimum atomic E-state index is -3.90. The molecule has 3 aromatic rings. The van der Waals surface area contributed by atoms with Crippen molar-refractivity contribution in [1.82, 2.24) is 0 Å². The van der Waals surface area contributed by atoms with Crippen LogP contribution in [0.1, 0.15) is 0 Å². The number of carbonyl (C=O) groups excluding carboxylic acids is 1. The molecule has 0 radical (unpaired) electrons. The zero-order chi connectivity index (χ0) is 22.3. The van der Waals surface area contributed by atoms with E-state index in [2.05, 4.69) is 10.0 Å². The summed E-state index contributed by atoms with van der Waals surface area (Å²) in [7, 11) is -0.936. The van der Waals surface area contributed by atoms with Crippen LogP contribution < -0.4 is 24.2 Å². The average Bonchev–Trinajstić information content (AvgIpc) is 2.78. The molecule has 0 unspecified atom stereocenters. The SMILES string of the molecule is COc1ccccc1NS(=O)(=O)c1cccc(NC(=O)COc2ccccc2OC)c1. The van der Waals surface area contributed by atoms with E-state index in [1.165, 1.54) is 32.4 Å². The quantitative estimate of drug-likeness (QED) is 0.526. The van der Waals surface area contributed by atoms with E-state index in [9.17, 15) is 13.2 Å². The number of carbonyl (C=O) groups is 1. The van der Waals surface area contributed by atoms with Crippen molar-refractivity contribution in [2.75, 3.05) is 30.9 Å². The van der Waals surface area contributed by atoms with Crippen LogP contribution >= 0.6 is 0 Å². The van der Waals surface area contributed by atoms with Crippen molar-refractivity contribution in [2.24, 2.45) is 0 Å². The third-order valence-electron chi connectivity index (χ3n) is 4.21. The highest BCUT2D eigenvalue weighted by Gasteiger charge is 2.17. The zero-order valence-electron chi connectivity index (χ0n) is 17.0. The molecule has 0 saturated heterocycles. The first kappa shape index (κ1) is 22.0. The summed E-state index contributed by atoms with van der Waals surface area (Å²) in [6, 6.07) is 19.5. The summed E-state index contributed by atoms with van der Waals surface area (Å²) in [6.07, 6.45) is 0. The van der Waals surface area contributed by atoms with Crippen LogP contribution in [0.3, 0.4) is 0 Å². The Morgan fingerprint density at radius 3 is 2.19 bits per heavy atom. The molecule has 0 saturated carbocycles. The van der Waals surface area contributed by atoms with Gasteiger partial charge in [-0.1, -0.05) is 30.3 Å². The molecule has 0 atom stereocenters. The Labute approximate surface area is 180 Å². The second-order valence-electron chi connectivity index (χ2n) is 6.32. The smallest absolute Gasteiger partial charge is 0.262 e. The van der Waals surface area contributed by atoms with Crippen molar-refractivity contribution in [3.05, 3.63) is 72.8 Å². The highest BCUT2D eigenvalue weighted by atomic mass is 32.2. The van der Waals surface area contributed by atoms with Gasteiger partial charge < -0.3 is 19.5 Å². The lowest BCUT2D eigenvalue weighted by molar-refractivity contribution is -0.118. The molecule has 0 aliphatic heterocycles. The van der Waals surface area contributed by atoms with Crippen LogP contribution in [0.25, 0.3) is 0 Å². The first-order valence-electron chi connectivity index (χ1n) is 9.24. The Kier molecular flexibility index (Phi) is 6.99. The molecule has 3 aromatic carbocycles. The van der Waals surface area contributed by atoms with E-state index in [-0.39, 0.29) is 11.5 Å². The van der Waals surface area contributed by atoms with Crippen LogP contribution in [0.2, 0.25) is 0 Å².